The van der Waals surface area contributed by atoms with E-state index in [0.717, 1.165) is 32.1 Å². The SMILES string of the molecule is CC(=O)O[C@H]1C(F)=C[C@H]2[C@@H]3CCC4C[C@@H](O)C=C[C@]4(C)[C@H]3CC[C@]12C. The second-order valence-corrected chi connectivity index (χ2v) is 9.18. The smallest absolute Gasteiger partial charge is 0.303 e. The molecule has 0 spiro atoms. The number of rotatable bonds is 1. The van der Waals surface area contributed by atoms with Gasteiger partial charge in [0.2, 0.25) is 0 Å². The van der Waals surface area contributed by atoms with Crippen LogP contribution in [0.25, 0.3) is 0 Å². The standard InChI is InChI=1S/C21H29FO3/c1-12(23)25-19-18(22)11-17-15-5-4-13-10-14(24)6-8-20(13,2)16(15)7-9-21(17,19)3/h6,8,11,13-17,19,24H,4-5,7,9-10H2,1-3H3/t13?,14-,15+,16-,17-,19-,20-,21-/m0/s1. The predicted octanol–water partition coefficient (Wildman–Crippen LogP) is 4.17. The minimum absolute atomic E-state index is 0.0906. The molecule has 0 bridgehead atoms. The van der Waals surface area contributed by atoms with Crippen molar-refractivity contribution in [3.8, 4) is 0 Å². The van der Waals surface area contributed by atoms with Gasteiger partial charge in [-0.05, 0) is 67.3 Å². The largest absolute Gasteiger partial charge is 0.455 e. The molecule has 25 heavy (non-hydrogen) atoms. The summed E-state index contributed by atoms with van der Waals surface area (Å²) in [4.78, 5) is 11.5. The fraction of sp³-hybridized carbons (Fsp3) is 0.762. The molecular weight excluding hydrogens is 319 g/mol. The molecular formula is C21H29FO3. The molecule has 4 aliphatic rings. The van der Waals surface area contributed by atoms with Gasteiger partial charge < -0.3 is 9.84 Å². The van der Waals surface area contributed by atoms with E-state index in [2.05, 4.69) is 19.9 Å². The maximum atomic E-state index is 14.7. The lowest BCUT2D eigenvalue weighted by Crippen LogP contribution is -2.53. The van der Waals surface area contributed by atoms with E-state index in [4.69, 9.17) is 4.74 Å². The second kappa shape index (κ2) is 5.67. The topological polar surface area (TPSA) is 46.5 Å². The van der Waals surface area contributed by atoms with Crippen molar-refractivity contribution in [2.45, 2.75) is 65.1 Å². The molecule has 4 heteroatoms. The van der Waals surface area contributed by atoms with Gasteiger partial charge in [-0.15, -0.1) is 0 Å². The van der Waals surface area contributed by atoms with Crippen molar-refractivity contribution >= 4 is 5.97 Å². The summed E-state index contributed by atoms with van der Waals surface area (Å²) in [5.74, 6) is 0.910. The first kappa shape index (κ1) is 17.3. The number of ether oxygens (including phenoxy) is 1. The van der Waals surface area contributed by atoms with Crippen LogP contribution in [0.1, 0.15) is 52.9 Å². The van der Waals surface area contributed by atoms with Gasteiger partial charge in [-0.1, -0.05) is 26.0 Å². The number of halogens is 1. The lowest BCUT2D eigenvalue weighted by Gasteiger charge is -2.58. The van der Waals surface area contributed by atoms with Gasteiger partial charge in [-0.3, -0.25) is 4.79 Å². The Morgan fingerprint density at radius 1 is 1.32 bits per heavy atom. The molecule has 0 amide bonds. The summed E-state index contributed by atoms with van der Waals surface area (Å²) in [7, 11) is 0. The average molecular weight is 348 g/mol. The van der Waals surface area contributed by atoms with Crippen LogP contribution >= 0.6 is 0 Å². The van der Waals surface area contributed by atoms with Crippen LogP contribution in [-0.2, 0) is 9.53 Å². The van der Waals surface area contributed by atoms with Crippen molar-refractivity contribution < 1.29 is 19.0 Å². The fourth-order valence-corrected chi connectivity index (χ4v) is 6.62. The normalized spacial score (nSPS) is 51.2. The number of fused-ring (bicyclic) bond motifs is 5. The van der Waals surface area contributed by atoms with Crippen LogP contribution in [0.5, 0.6) is 0 Å². The van der Waals surface area contributed by atoms with E-state index in [1.165, 1.54) is 6.92 Å². The summed E-state index contributed by atoms with van der Waals surface area (Å²) in [5.41, 5.74) is -0.231. The minimum Gasteiger partial charge on any atom is -0.455 e. The third-order valence-corrected chi connectivity index (χ3v) is 7.94. The summed E-state index contributed by atoms with van der Waals surface area (Å²) in [5, 5.41) is 10.0. The third kappa shape index (κ3) is 2.43. The van der Waals surface area contributed by atoms with Gasteiger partial charge in [0.15, 0.2) is 6.10 Å². The fourth-order valence-electron chi connectivity index (χ4n) is 6.62. The Hall–Kier alpha value is -1.16. The molecule has 4 rings (SSSR count). The van der Waals surface area contributed by atoms with Crippen molar-refractivity contribution in [1.29, 1.82) is 0 Å². The van der Waals surface area contributed by atoms with Crippen molar-refractivity contribution in [2.24, 2.45) is 34.5 Å². The number of hydrogen-bond acceptors (Lipinski definition) is 3. The molecule has 4 aliphatic carbocycles. The first-order valence-electron chi connectivity index (χ1n) is 9.67. The molecule has 0 saturated heterocycles. The predicted molar refractivity (Wildman–Crippen MR) is 93.2 cm³/mol. The molecule has 0 aromatic rings. The number of esters is 1. The molecule has 0 heterocycles. The van der Waals surface area contributed by atoms with Crippen LogP contribution in [-0.4, -0.2) is 23.3 Å². The van der Waals surface area contributed by atoms with Crippen LogP contribution in [0.15, 0.2) is 24.1 Å². The van der Waals surface area contributed by atoms with Crippen molar-refractivity contribution in [1.82, 2.24) is 0 Å². The zero-order chi connectivity index (χ0) is 18.0. The van der Waals surface area contributed by atoms with Crippen molar-refractivity contribution in [3.63, 3.8) is 0 Å². The lowest BCUT2D eigenvalue weighted by atomic mass is 9.46. The maximum Gasteiger partial charge on any atom is 0.303 e. The zero-order valence-corrected chi connectivity index (χ0v) is 15.4. The Kier molecular flexibility index (Phi) is 3.91. The highest BCUT2D eigenvalue weighted by Crippen LogP contribution is 2.65. The molecule has 2 fully saturated rings. The van der Waals surface area contributed by atoms with Gasteiger partial charge in [0.1, 0.15) is 5.83 Å². The maximum absolute atomic E-state index is 14.7. The molecule has 2 saturated carbocycles. The number of allylic oxidation sites excluding steroid dienone is 2. The van der Waals surface area contributed by atoms with E-state index >= 15 is 0 Å². The summed E-state index contributed by atoms with van der Waals surface area (Å²) in [6.45, 7) is 5.79. The van der Waals surface area contributed by atoms with Crippen LogP contribution in [0.2, 0.25) is 0 Å². The van der Waals surface area contributed by atoms with Gasteiger partial charge in [-0.2, -0.15) is 0 Å². The number of aliphatic hydroxyl groups is 1. The van der Waals surface area contributed by atoms with Crippen molar-refractivity contribution in [2.75, 3.05) is 0 Å². The lowest BCUT2D eigenvalue weighted by molar-refractivity contribution is -0.158. The van der Waals surface area contributed by atoms with Crippen LogP contribution in [0.4, 0.5) is 4.39 Å². The molecule has 0 radical (unpaired) electrons. The molecule has 8 atom stereocenters. The molecule has 3 nitrogen and oxygen atoms in total. The first-order chi connectivity index (χ1) is 11.8. The number of hydrogen-bond donors (Lipinski definition) is 1. The van der Waals surface area contributed by atoms with E-state index in [1.807, 2.05) is 6.08 Å². The Morgan fingerprint density at radius 3 is 2.80 bits per heavy atom. The Morgan fingerprint density at radius 2 is 2.08 bits per heavy atom. The molecule has 1 N–H and O–H groups in total. The summed E-state index contributed by atoms with van der Waals surface area (Å²) in [6, 6.07) is 0. The van der Waals surface area contributed by atoms with E-state index in [1.54, 1.807) is 6.08 Å². The van der Waals surface area contributed by atoms with Crippen LogP contribution in [0.3, 0.4) is 0 Å². The van der Waals surface area contributed by atoms with Gasteiger partial charge in [-0.25, -0.2) is 4.39 Å². The van der Waals surface area contributed by atoms with Gasteiger partial charge >= 0.3 is 5.97 Å². The van der Waals surface area contributed by atoms with Gasteiger partial charge in [0.05, 0.1) is 6.10 Å². The van der Waals surface area contributed by atoms with Crippen LogP contribution < -0.4 is 0 Å². The number of carbonyl (C=O) groups excluding carboxylic acids is 1. The average Bonchev–Trinajstić information content (AvgIpc) is 2.79. The van der Waals surface area contributed by atoms with Crippen LogP contribution in [0, 0.1) is 34.5 Å². The monoisotopic (exact) mass is 348 g/mol. The van der Waals surface area contributed by atoms with E-state index < -0.39 is 12.1 Å². The zero-order valence-electron chi connectivity index (χ0n) is 15.4. The quantitative estimate of drug-likeness (QED) is 0.571. The molecule has 0 aliphatic heterocycles. The highest BCUT2D eigenvalue weighted by molar-refractivity contribution is 5.66. The third-order valence-electron chi connectivity index (χ3n) is 7.94. The summed E-state index contributed by atoms with van der Waals surface area (Å²) >= 11 is 0. The van der Waals surface area contributed by atoms with Crippen molar-refractivity contribution in [3.05, 3.63) is 24.1 Å². The second-order valence-electron chi connectivity index (χ2n) is 9.18. The van der Waals surface area contributed by atoms with E-state index in [0.29, 0.717) is 17.8 Å². The minimum atomic E-state index is -0.717. The summed E-state index contributed by atoms with van der Waals surface area (Å²) in [6.07, 6.45) is 9.83. The number of aliphatic hydroxyl groups excluding tert-OH is 1. The van der Waals surface area contributed by atoms with E-state index in [-0.39, 0.29) is 28.7 Å². The Bertz CT molecular complexity index is 641. The highest BCUT2D eigenvalue weighted by Gasteiger charge is 2.61. The number of carbonyl (C=O) groups is 1. The Labute approximate surface area is 149 Å². The molecule has 0 aromatic heterocycles. The van der Waals surface area contributed by atoms with Gasteiger partial charge in [0, 0.05) is 12.3 Å². The molecule has 1 unspecified atom stereocenters. The first-order valence-corrected chi connectivity index (χ1v) is 9.67. The molecule has 138 valence electrons. The summed E-state index contributed by atoms with van der Waals surface area (Å²) < 4.78 is 20.1. The highest BCUT2D eigenvalue weighted by atomic mass is 19.1. The molecule has 0 aromatic carbocycles. The van der Waals surface area contributed by atoms with Gasteiger partial charge in [0.25, 0.3) is 0 Å². The Balaban J connectivity index is 1.66. The van der Waals surface area contributed by atoms with E-state index in [9.17, 15) is 14.3 Å².